The summed E-state index contributed by atoms with van der Waals surface area (Å²) in [5.74, 6) is -0.526. The van der Waals surface area contributed by atoms with Gasteiger partial charge in [0.15, 0.2) is 6.10 Å². The van der Waals surface area contributed by atoms with Gasteiger partial charge in [0.05, 0.1) is 4.90 Å². The van der Waals surface area contributed by atoms with Crippen molar-refractivity contribution < 1.29 is 17.4 Å². The van der Waals surface area contributed by atoms with E-state index in [-0.39, 0.29) is 4.90 Å². The van der Waals surface area contributed by atoms with E-state index in [9.17, 15) is 13.2 Å². The van der Waals surface area contributed by atoms with E-state index in [4.69, 9.17) is 4.18 Å². The van der Waals surface area contributed by atoms with Crippen LogP contribution in [0.3, 0.4) is 0 Å². The molecule has 0 aliphatic rings. The van der Waals surface area contributed by atoms with Gasteiger partial charge < -0.3 is 5.32 Å². The highest BCUT2D eigenvalue weighted by Gasteiger charge is 2.28. The van der Waals surface area contributed by atoms with Gasteiger partial charge in [0.2, 0.25) is 0 Å². The first kappa shape index (κ1) is 16.2. The lowest BCUT2D eigenvalue weighted by Gasteiger charge is -2.16. The van der Waals surface area contributed by atoms with Crippen LogP contribution in [0.1, 0.15) is 17.2 Å². The maximum atomic E-state index is 12.3. The third kappa shape index (κ3) is 3.72. The van der Waals surface area contributed by atoms with Crippen molar-refractivity contribution in [3.8, 4) is 0 Å². The topological polar surface area (TPSA) is 72.5 Å². The Bertz CT molecular complexity index is 739. The molecule has 2 aromatic carbocycles. The summed E-state index contributed by atoms with van der Waals surface area (Å²) in [6, 6.07) is 14.8. The number of rotatable bonds is 5. The van der Waals surface area contributed by atoms with Crippen molar-refractivity contribution in [2.24, 2.45) is 0 Å². The van der Waals surface area contributed by atoms with Crippen LogP contribution in [0.5, 0.6) is 0 Å². The fraction of sp³-hybridized carbons (Fsp3) is 0.188. The Morgan fingerprint density at radius 2 is 1.64 bits per heavy atom. The minimum absolute atomic E-state index is 0.0166. The first-order valence-corrected chi connectivity index (χ1v) is 8.11. The van der Waals surface area contributed by atoms with Gasteiger partial charge in [0.25, 0.3) is 16.0 Å². The van der Waals surface area contributed by atoms with Crippen LogP contribution in [0.25, 0.3) is 0 Å². The molecule has 0 saturated heterocycles. The quantitative estimate of drug-likeness (QED) is 0.858. The number of benzene rings is 2. The second kappa shape index (κ2) is 6.72. The van der Waals surface area contributed by atoms with Crippen LogP contribution in [0.2, 0.25) is 0 Å². The Kier molecular flexibility index (Phi) is 4.95. The molecule has 0 unspecified atom stereocenters. The van der Waals surface area contributed by atoms with Gasteiger partial charge in [-0.3, -0.25) is 4.79 Å². The number of aryl methyl sites for hydroxylation is 1. The average Bonchev–Trinajstić information content (AvgIpc) is 2.53. The lowest BCUT2D eigenvalue weighted by Crippen LogP contribution is -2.29. The molecule has 1 atom stereocenters. The van der Waals surface area contributed by atoms with Gasteiger partial charge >= 0.3 is 0 Å². The molecule has 2 aromatic rings. The summed E-state index contributed by atoms with van der Waals surface area (Å²) in [6.45, 7) is 1.86. The molecule has 6 heteroatoms. The second-order valence-electron chi connectivity index (χ2n) is 4.77. The fourth-order valence-corrected chi connectivity index (χ4v) is 2.93. The number of carbonyl (C=O) groups excluding carboxylic acids is 1. The predicted molar refractivity (Wildman–Crippen MR) is 82.7 cm³/mol. The third-order valence-corrected chi connectivity index (χ3v) is 4.41. The Morgan fingerprint density at radius 3 is 2.18 bits per heavy atom. The lowest BCUT2D eigenvalue weighted by molar-refractivity contribution is -0.127. The minimum Gasteiger partial charge on any atom is -0.357 e. The number of hydrogen-bond donors (Lipinski definition) is 1. The Morgan fingerprint density at radius 1 is 1.05 bits per heavy atom. The summed E-state index contributed by atoms with van der Waals surface area (Å²) < 4.78 is 29.9. The summed E-state index contributed by atoms with van der Waals surface area (Å²) in [6.07, 6.45) is -1.22. The maximum Gasteiger partial charge on any atom is 0.298 e. The molecule has 0 spiro atoms. The van der Waals surface area contributed by atoms with Gasteiger partial charge in [-0.1, -0.05) is 48.0 Å². The highest BCUT2D eigenvalue weighted by molar-refractivity contribution is 7.86. The Labute approximate surface area is 130 Å². The zero-order valence-electron chi connectivity index (χ0n) is 12.3. The molecule has 0 aliphatic heterocycles. The maximum absolute atomic E-state index is 12.3. The number of amides is 1. The fourth-order valence-electron chi connectivity index (χ4n) is 1.90. The molecule has 1 N–H and O–H groups in total. The van der Waals surface area contributed by atoms with E-state index in [2.05, 4.69) is 5.32 Å². The van der Waals surface area contributed by atoms with Gasteiger partial charge in [-0.05, 0) is 24.6 Å². The average molecular weight is 319 g/mol. The van der Waals surface area contributed by atoms with E-state index in [1.165, 1.54) is 19.2 Å². The summed E-state index contributed by atoms with van der Waals surface area (Å²) in [7, 11) is -2.61. The molecular formula is C16H17NO4S. The van der Waals surface area contributed by atoms with Crippen LogP contribution < -0.4 is 5.32 Å². The SMILES string of the molecule is CNC(=O)[C@H](OS(=O)(=O)c1ccc(C)cc1)c1ccccc1. The molecule has 0 heterocycles. The molecule has 0 radical (unpaired) electrons. The van der Waals surface area contributed by atoms with Crippen LogP contribution in [0.4, 0.5) is 0 Å². The van der Waals surface area contributed by atoms with Crippen molar-refractivity contribution in [1.29, 1.82) is 0 Å². The molecule has 0 saturated carbocycles. The van der Waals surface area contributed by atoms with Crippen molar-refractivity contribution in [1.82, 2.24) is 5.32 Å². The van der Waals surface area contributed by atoms with Crippen LogP contribution in [0.15, 0.2) is 59.5 Å². The molecule has 0 aliphatic carbocycles. The zero-order chi connectivity index (χ0) is 16.2. The van der Waals surface area contributed by atoms with Gasteiger partial charge in [0, 0.05) is 7.05 Å². The van der Waals surface area contributed by atoms with Gasteiger partial charge in [0.1, 0.15) is 0 Å². The number of hydrogen-bond acceptors (Lipinski definition) is 4. The molecule has 1 amide bonds. The highest BCUT2D eigenvalue weighted by atomic mass is 32.2. The van der Waals surface area contributed by atoms with Crippen molar-refractivity contribution in [3.05, 3.63) is 65.7 Å². The molecule has 0 aromatic heterocycles. The Hall–Kier alpha value is -2.18. The Balaban J connectivity index is 2.34. The van der Waals surface area contributed by atoms with E-state index in [1.807, 2.05) is 6.92 Å². The number of carbonyl (C=O) groups is 1. The van der Waals surface area contributed by atoms with Crippen LogP contribution in [-0.2, 0) is 19.1 Å². The summed E-state index contributed by atoms with van der Waals surface area (Å²) in [4.78, 5) is 12.0. The van der Waals surface area contributed by atoms with E-state index in [0.717, 1.165) is 5.56 Å². The van der Waals surface area contributed by atoms with Gasteiger partial charge in [-0.15, -0.1) is 0 Å². The molecule has 116 valence electrons. The summed E-state index contributed by atoms with van der Waals surface area (Å²) in [5.41, 5.74) is 1.40. The van der Waals surface area contributed by atoms with Crippen LogP contribution >= 0.6 is 0 Å². The third-order valence-electron chi connectivity index (χ3n) is 3.12. The summed E-state index contributed by atoms with van der Waals surface area (Å²) in [5, 5.41) is 2.42. The highest BCUT2D eigenvalue weighted by Crippen LogP contribution is 2.24. The minimum atomic E-state index is -4.04. The normalized spacial score (nSPS) is 12.6. The zero-order valence-corrected chi connectivity index (χ0v) is 13.1. The van der Waals surface area contributed by atoms with Crippen LogP contribution in [-0.4, -0.2) is 21.4 Å². The van der Waals surface area contributed by atoms with Gasteiger partial charge in [-0.2, -0.15) is 8.42 Å². The molecule has 22 heavy (non-hydrogen) atoms. The molecule has 2 rings (SSSR count). The van der Waals surface area contributed by atoms with Crippen molar-refractivity contribution in [3.63, 3.8) is 0 Å². The van der Waals surface area contributed by atoms with Crippen molar-refractivity contribution >= 4 is 16.0 Å². The number of nitrogens with one attached hydrogen (secondary N) is 1. The predicted octanol–water partition coefficient (Wildman–Crippen LogP) is 2.19. The molecule has 0 bridgehead atoms. The smallest absolute Gasteiger partial charge is 0.298 e. The first-order chi connectivity index (χ1) is 10.4. The largest absolute Gasteiger partial charge is 0.357 e. The van der Waals surface area contributed by atoms with Crippen LogP contribution in [0, 0.1) is 6.92 Å². The monoisotopic (exact) mass is 319 g/mol. The molecule has 0 fully saturated rings. The number of likely N-dealkylation sites (N-methyl/N-ethyl adjacent to an activating group) is 1. The lowest BCUT2D eigenvalue weighted by atomic mass is 10.1. The first-order valence-electron chi connectivity index (χ1n) is 6.70. The standard InChI is InChI=1S/C16H17NO4S/c1-12-8-10-14(11-9-12)22(19,20)21-15(16(18)17-2)13-6-4-3-5-7-13/h3-11,15H,1-2H3,(H,17,18)/t15-/m1/s1. The van der Waals surface area contributed by atoms with Crippen molar-refractivity contribution in [2.75, 3.05) is 7.05 Å². The van der Waals surface area contributed by atoms with E-state index >= 15 is 0 Å². The van der Waals surface area contributed by atoms with E-state index in [0.29, 0.717) is 5.56 Å². The van der Waals surface area contributed by atoms with Gasteiger partial charge in [-0.25, -0.2) is 4.18 Å². The second-order valence-corrected chi connectivity index (χ2v) is 6.34. The van der Waals surface area contributed by atoms with E-state index < -0.39 is 22.1 Å². The van der Waals surface area contributed by atoms with E-state index in [1.54, 1.807) is 42.5 Å². The van der Waals surface area contributed by atoms with Crippen molar-refractivity contribution in [2.45, 2.75) is 17.9 Å². The molecule has 5 nitrogen and oxygen atoms in total. The molecular weight excluding hydrogens is 302 g/mol. The summed E-state index contributed by atoms with van der Waals surface area (Å²) >= 11 is 0.